The van der Waals surface area contributed by atoms with Gasteiger partial charge in [0, 0.05) is 24.1 Å². The van der Waals surface area contributed by atoms with Gasteiger partial charge in [-0.3, -0.25) is 15.1 Å². The van der Waals surface area contributed by atoms with Gasteiger partial charge in [0.15, 0.2) is 11.6 Å². The quantitative estimate of drug-likeness (QED) is 0.697. The summed E-state index contributed by atoms with van der Waals surface area (Å²) in [5, 5.41) is 4.49. The third-order valence-corrected chi connectivity index (χ3v) is 3.60. The zero-order valence-corrected chi connectivity index (χ0v) is 14.5. The number of carbonyl (C=O) groups excluding carboxylic acids is 2. The molecule has 0 aliphatic heterocycles. The molecule has 0 unspecified atom stereocenters. The first-order chi connectivity index (χ1) is 13.5. The highest BCUT2D eigenvalue weighted by Gasteiger charge is 2.11. The summed E-state index contributed by atoms with van der Waals surface area (Å²) in [6.45, 7) is 0. The Morgan fingerprint density at radius 3 is 2.36 bits per heavy atom. The summed E-state index contributed by atoms with van der Waals surface area (Å²) in [6, 6.07) is 11.5. The molecule has 1 heterocycles. The number of rotatable bonds is 5. The molecule has 2 aromatic carbocycles. The van der Waals surface area contributed by atoms with Gasteiger partial charge >= 0.3 is 6.03 Å². The summed E-state index contributed by atoms with van der Waals surface area (Å²) in [7, 11) is 0. The predicted molar refractivity (Wildman–Crippen MR) is 98.0 cm³/mol. The Labute approximate surface area is 159 Å². The lowest BCUT2D eigenvalue weighted by Gasteiger charge is -2.10. The van der Waals surface area contributed by atoms with Crippen molar-refractivity contribution < 1.29 is 23.1 Å². The van der Waals surface area contributed by atoms with Crippen molar-refractivity contribution in [2.45, 2.75) is 6.42 Å². The number of hydrogen-bond acceptors (Lipinski definition) is 4. The molecule has 2 N–H and O–H groups in total. The van der Waals surface area contributed by atoms with Crippen molar-refractivity contribution in [3.05, 3.63) is 84.2 Å². The van der Waals surface area contributed by atoms with Crippen LogP contribution in [0.1, 0.15) is 5.56 Å². The summed E-state index contributed by atoms with van der Waals surface area (Å²) < 4.78 is 32.4. The van der Waals surface area contributed by atoms with E-state index in [0.29, 0.717) is 11.3 Å². The molecule has 6 nitrogen and oxygen atoms in total. The zero-order valence-electron chi connectivity index (χ0n) is 14.5. The molecule has 3 rings (SSSR count). The van der Waals surface area contributed by atoms with Gasteiger partial charge in [-0.15, -0.1) is 0 Å². The maximum atomic E-state index is 14.2. The van der Waals surface area contributed by atoms with E-state index in [2.05, 4.69) is 15.6 Å². The van der Waals surface area contributed by atoms with Crippen LogP contribution in [0.2, 0.25) is 0 Å². The van der Waals surface area contributed by atoms with E-state index in [0.717, 1.165) is 6.07 Å². The van der Waals surface area contributed by atoms with Crippen molar-refractivity contribution in [2.75, 3.05) is 5.32 Å². The van der Waals surface area contributed by atoms with E-state index >= 15 is 0 Å². The molecular weight excluding hydrogens is 368 g/mol. The molecule has 142 valence electrons. The van der Waals surface area contributed by atoms with Crippen LogP contribution in [0.3, 0.4) is 0 Å². The number of amides is 3. The predicted octanol–water partition coefficient (Wildman–Crippen LogP) is 4.04. The standard InChI is InChI=1S/C20H15F2N3O3/c21-14-3-1-13(2-4-14)11-19(26)25-20(27)24-15-5-6-18(17(22)12-15)28-16-7-9-23-10-8-16/h1-10,12H,11H2,(H2,24,25,26,27). The van der Waals surface area contributed by atoms with Crippen LogP contribution in [0.4, 0.5) is 19.3 Å². The van der Waals surface area contributed by atoms with Gasteiger partial charge in [-0.2, -0.15) is 0 Å². The number of halogens is 2. The van der Waals surface area contributed by atoms with Gasteiger partial charge in [-0.05, 0) is 42.0 Å². The number of hydrogen-bond donors (Lipinski definition) is 2. The first-order valence-corrected chi connectivity index (χ1v) is 8.22. The number of benzene rings is 2. The zero-order chi connectivity index (χ0) is 19.9. The number of urea groups is 1. The Kier molecular flexibility index (Phi) is 5.91. The molecular formula is C20H15F2N3O3. The summed E-state index contributed by atoms with van der Waals surface area (Å²) >= 11 is 0. The minimum absolute atomic E-state index is 0.0236. The van der Waals surface area contributed by atoms with Gasteiger partial charge in [0.05, 0.1) is 6.42 Å². The third-order valence-electron chi connectivity index (χ3n) is 3.60. The lowest BCUT2D eigenvalue weighted by atomic mass is 10.1. The highest BCUT2D eigenvalue weighted by molar-refractivity contribution is 6.01. The fourth-order valence-electron chi connectivity index (χ4n) is 2.32. The van der Waals surface area contributed by atoms with Gasteiger partial charge in [0.2, 0.25) is 5.91 Å². The van der Waals surface area contributed by atoms with E-state index in [9.17, 15) is 18.4 Å². The highest BCUT2D eigenvalue weighted by atomic mass is 19.1. The number of nitrogens with zero attached hydrogens (tertiary/aromatic N) is 1. The Bertz CT molecular complexity index is 980. The molecule has 1 aromatic heterocycles. The molecule has 0 spiro atoms. The molecule has 8 heteroatoms. The van der Waals surface area contributed by atoms with Crippen LogP contribution in [-0.2, 0) is 11.2 Å². The monoisotopic (exact) mass is 383 g/mol. The van der Waals surface area contributed by atoms with Crippen LogP contribution in [0, 0.1) is 11.6 Å². The number of anilines is 1. The van der Waals surface area contributed by atoms with E-state index in [1.54, 1.807) is 12.1 Å². The summed E-state index contributed by atoms with van der Waals surface area (Å²) in [5.74, 6) is -1.29. The van der Waals surface area contributed by atoms with Crippen molar-refractivity contribution >= 4 is 17.6 Å². The molecule has 0 bridgehead atoms. The average Bonchev–Trinajstić information content (AvgIpc) is 2.66. The van der Waals surface area contributed by atoms with Crippen LogP contribution < -0.4 is 15.4 Å². The Balaban J connectivity index is 1.55. The van der Waals surface area contributed by atoms with Crippen molar-refractivity contribution in [3.63, 3.8) is 0 Å². The van der Waals surface area contributed by atoms with Crippen molar-refractivity contribution in [1.82, 2.24) is 10.3 Å². The van der Waals surface area contributed by atoms with E-state index < -0.39 is 23.6 Å². The first-order valence-electron chi connectivity index (χ1n) is 8.22. The number of imide groups is 1. The highest BCUT2D eigenvalue weighted by Crippen LogP contribution is 2.26. The number of carbonyl (C=O) groups is 2. The largest absolute Gasteiger partial charge is 0.454 e. The molecule has 28 heavy (non-hydrogen) atoms. The van der Waals surface area contributed by atoms with Gasteiger partial charge < -0.3 is 10.1 Å². The molecule has 0 fully saturated rings. The molecule has 0 atom stereocenters. The van der Waals surface area contributed by atoms with Crippen LogP contribution in [0.5, 0.6) is 11.5 Å². The smallest absolute Gasteiger partial charge is 0.325 e. The van der Waals surface area contributed by atoms with Crippen LogP contribution in [-0.4, -0.2) is 16.9 Å². The van der Waals surface area contributed by atoms with Gasteiger partial charge in [-0.25, -0.2) is 13.6 Å². The second-order valence-corrected chi connectivity index (χ2v) is 5.74. The Morgan fingerprint density at radius 1 is 0.964 bits per heavy atom. The SMILES string of the molecule is O=C(Cc1ccc(F)cc1)NC(=O)Nc1ccc(Oc2ccncc2)c(F)c1. The molecule has 3 aromatic rings. The molecule has 0 saturated carbocycles. The normalized spacial score (nSPS) is 10.2. The van der Waals surface area contributed by atoms with Gasteiger partial charge in [-0.1, -0.05) is 12.1 Å². The maximum absolute atomic E-state index is 14.2. The van der Waals surface area contributed by atoms with Crippen molar-refractivity contribution in [3.8, 4) is 11.5 Å². The van der Waals surface area contributed by atoms with Crippen LogP contribution >= 0.6 is 0 Å². The van der Waals surface area contributed by atoms with Gasteiger partial charge in [0.1, 0.15) is 11.6 Å². The lowest BCUT2D eigenvalue weighted by Crippen LogP contribution is -2.35. The van der Waals surface area contributed by atoms with E-state index in [1.807, 2.05) is 0 Å². The minimum atomic E-state index is -0.811. The van der Waals surface area contributed by atoms with Crippen molar-refractivity contribution in [1.29, 1.82) is 0 Å². The Hall–Kier alpha value is -3.81. The van der Waals surface area contributed by atoms with Crippen LogP contribution in [0.15, 0.2) is 67.0 Å². The number of ether oxygens (including phenoxy) is 1. The fraction of sp³-hybridized carbons (Fsp3) is 0.0500. The fourth-order valence-corrected chi connectivity index (χ4v) is 2.32. The molecule has 3 amide bonds. The topological polar surface area (TPSA) is 80.3 Å². The summed E-state index contributed by atoms with van der Waals surface area (Å²) in [5.41, 5.74) is 0.696. The van der Waals surface area contributed by atoms with Crippen molar-refractivity contribution in [2.24, 2.45) is 0 Å². The van der Waals surface area contributed by atoms with E-state index in [1.165, 1.54) is 48.8 Å². The number of pyridine rings is 1. The average molecular weight is 383 g/mol. The molecule has 0 aliphatic carbocycles. The first kappa shape index (κ1) is 19.0. The molecule has 0 saturated heterocycles. The van der Waals surface area contributed by atoms with Crippen LogP contribution in [0.25, 0.3) is 0 Å². The Morgan fingerprint density at radius 2 is 1.68 bits per heavy atom. The summed E-state index contributed by atoms with van der Waals surface area (Å²) in [4.78, 5) is 27.6. The maximum Gasteiger partial charge on any atom is 0.325 e. The number of aromatic nitrogens is 1. The molecule has 0 radical (unpaired) electrons. The summed E-state index contributed by atoms with van der Waals surface area (Å²) in [6.07, 6.45) is 2.92. The number of nitrogens with one attached hydrogen (secondary N) is 2. The van der Waals surface area contributed by atoms with Gasteiger partial charge in [0.25, 0.3) is 0 Å². The second-order valence-electron chi connectivity index (χ2n) is 5.74. The second kappa shape index (κ2) is 8.72. The molecule has 0 aliphatic rings. The third kappa shape index (κ3) is 5.34. The minimum Gasteiger partial charge on any atom is -0.454 e. The van der Waals surface area contributed by atoms with E-state index in [4.69, 9.17) is 4.74 Å². The lowest BCUT2D eigenvalue weighted by molar-refractivity contribution is -0.119. The van der Waals surface area contributed by atoms with E-state index in [-0.39, 0.29) is 17.9 Å².